The van der Waals surface area contributed by atoms with Crippen LogP contribution in [0.15, 0.2) is 6.07 Å². The summed E-state index contributed by atoms with van der Waals surface area (Å²) in [6, 6.07) is 1.45. The Morgan fingerprint density at radius 2 is 2.12 bits per heavy atom. The molecule has 0 spiro atoms. The van der Waals surface area contributed by atoms with Gasteiger partial charge < -0.3 is 20.7 Å². The van der Waals surface area contributed by atoms with Gasteiger partial charge in [0.15, 0.2) is 5.60 Å². The van der Waals surface area contributed by atoms with Gasteiger partial charge >= 0.3 is 0 Å². The van der Waals surface area contributed by atoms with Gasteiger partial charge in [0, 0.05) is 36.7 Å². The average Bonchev–Trinajstić information content (AvgIpc) is 2.73. The van der Waals surface area contributed by atoms with Crippen LogP contribution in [0.25, 0.3) is 10.9 Å². The number of hydrogen-bond acceptors (Lipinski definition) is 3. The van der Waals surface area contributed by atoms with E-state index in [4.69, 9.17) is 28.9 Å². The number of fused-ring (bicyclic) bond motifs is 3. The number of carbonyl (C=O) groups is 2. The van der Waals surface area contributed by atoms with Crippen molar-refractivity contribution in [3.8, 4) is 0 Å². The van der Waals surface area contributed by atoms with Gasteiger partial charge in [0.05, 0.1) is 21.5 Å². The number of aromatic nitrogens is 1. The summed E-state index contributed by atoms with van der Waals surface area (Å²) in [7, 11) is 1.83. The van der Waals surface area contributed by atoms with E-state index < -0.39 is 17.4 Å². The van der Waals surface area contributed by atoms with Crippen LogP contribution in [0.5, 0.6) is 0 Å². The van der Waals surface area contributed by atoms with E-state index in [1.165, 1.54) is 13.0 Å². The summed E-state index contributed by atoms with van der Waals surface area (Å²) in [5, 5.41) is 14.7. The highest BCUT2D eigenvalue weighted by Crippen LogP contribution is 2.44. The topological polar surface area (TPSA) is 97.3 Å². The van der Waals surface area contributed by atoms with E-state index in [0.29, 0.717) is 28.9 Å². The van der Waals surface area contributed by atoms with Gasteiger partial charge in [-0.15, -0.1) is 0 Å². The van der Waals surface area contributed by atoms with E-state index in [9.17, 15) is 14.7 Å². The normalized spacial score (nSPS) is 19.9. The first-order valence-corrected chi connectivity index (χ1v) is 8.64. The van der Waals surface area contributed by atoms with Crippen LogP contribution >= 0.6 is 23.2 Å². The molecular formula is C17H19Cl2N3O3. The molecule has 3 rings (SSSR count). The van der Waals surface area contributed by atoms with E-state index >= 15 is 0 Å². The molecule has 4 N–H and O–H groups in total. The number of carbonyl (C=O) groups excluding carboxylic acids is 2. The Kier molecular flexibility index (Phi) is 4.26. The highest BCUT2D eigenvalue weighted by atomic mass is 35.5. The lowest BCUT2D eigenvalue weighted by molar-refractivity contribution is -0.135. The number of rotatable bonds is 2. The summed E-state index contributed by atoms with van der Waals surface area (Å²) < 4.78 is 1.87. The van der Waals surface area contributed by atoms with E-state index in [-0.39, 0.29) is 16.5 Å². The van der Waals surface area contributed by atoms with Crippen LogP contribution in [-0.2, 0) is 28.7 Å². The van der Waals surface area contributed by atoms with Crippen LogP contribution in [0.3, 0.4) is 0 Å². The second-order valence-corrected chi connectivity index (χ2v) is 7.35. The molecule has 2 amide bonds. The highest BCUT2D eigenvalue weighted by molar-refractivity contribution is 6.45. The maximum atomic E-state index is 12.3. The molecular weight excluding hydrogens is 365 g/mol. The second kappa shape index (κ2) is 5.90. The molecule has 25 heavy (non-hydrogen) atoms. The van der Waals surface area contributed by atoms with Crippen LogP contribution in [0.1, 0.15) is 36.6 Å². The predicted octanol–water partition coefficient (Wildman–Crippen LogP) is 1.95. The van der Waals surface area contributed by atoms with Gasteiger partial charge in [0.2, 0.25) is 5.91 Å². The van der Waals surface area contributed by atoms with Gasteiger partial charge in [-0.1, -0.05) is 23.2 Å². The first-order valence-electron chi connectivity index (χ1n) is 7.88. The zero-order valence-corrected chi connectivity index (χ0v) is 15.6. The Labute approximate surface area is 154 Å². The molecule has 1 unspecified atom stereocenters. The maximum absolute atomic E-state index is 12.3. The van der Waals surface area contributed by atoms with Crippen molar-refractivity contribution in [2.45, 2.75) is 31.8 Å². The van der Waals surface area contributed by atoms with Crippen LogP contribution in [0, 0.1) is 0 Å². The highest BCUT2D eigenvalue weighted by Gasteiger charge is 2.37. The number of benzene rings is 1. The Morgan fingerprint density at radius 3 is 2.72 bits per heavy atom. The molecule has 134 valence electrons. The van der Waals surface area contributed by atoms with Crippen molar-refractivity contribution in [3.05, 3.63) is 32.9 Å². The largest absolute Gasteiger partial charge is 0.376 e. The Hall–Kier alpha value is -1.76. The standard InChI is InChI=1S/C17H19Cl2N3O3/c1-7-11-10(4-5-21-15(7)23)22(3)14-12(11)8(6-9(18)13(14)19)17(2,25)16(20)24/h6-7,25H,4-5H2,1-3H3,(H2,20,24)(H,21,23)/t7-,17?/m0/s1. The molecule has 0 bridgehead atoms. The summed E-state index contributed by atoms with van der Waals surface area (Å²) >= 11 is 12.7. The molecule has 2 aromatic rings. The van der Waals surface area contributed by atoms with Crippen LogP contribution in [0.4, 0.5) is 0 Å². The summed E-state index contributed by atoms with van der Waals surface area (Å²) in [5.74, 6) is -1.50. The van der Waals surface area contributed by atoms with Gasteiger partial charge in [0.1, 0.15) is 0 Å². The molecule has 0 fully saturated rings. The molecule has 2 heterocycles. The number of primary amides is 1. The number of aliphatic hydroxyl groups is 1. The van der Waals surface area contributed by atoms with E-state index in [0.717, 1.165) is 11.3 Å². The first-order chi connectivity index (χ1) is 11.6. The minimum absolute atomic E-state index is 0.123. The van der Waals surface area contributed by atoms with E-state index in [2.05, 4.69) is 5.32 Å². The number of aryl methyl sites for hydroxylation is 1. The Bertz CT molecular complexity index is 918. The van der Waals surface area contributed by atoms with Gasteiger partial charge in [-0.25, -0.2) is 0 Å². The zero-order chi connectivity index (χ0) is 18.7. The summed E-state index contributed by atoms with van der Waals surface area (Å²) in [4.78, 5) is 24.2. The number of halogens is 2. The fraction of sp³-hybridized carbons (Fsp3) is 0.412. The molecule has 2 atom stereocenters. The Morgan fingerprint density at radius 1 is 1.48 bits per heavy atom. The SMILES string of the molecule is C[C@@H]1C(=O)NCCc2c1c1c(C(C)(O)C(N)=O)cc(Cl)c(Cl)c1n2C. The molecule has 8 heteroatoms. The van der Waals surface area contributed by atoms with Crippen molar-refractivity contribution < 1.29 is 14.7 Å². The number of amides is 2. The molecule has 1 aliphatic rings. The summed E-state index contributed by atoms with van der Waals surface area (Å²) in [6.07, 6.45) is 0.600. The molecule has 1 aliphatic heterocycles. The number of nitrogens with zero attached hydrogens (tertiary/aromatic N) is 1. The lowest BCUT2D eigenvalue weighted by Crippen LogP contribution is -2.38. The molecule has 0 saturated carbocycles. The molecule has 1 aromatic carbocycles. The third-order valence-corrected chi connectivity index (χ3v) is 5.78. The van der Waals surface area contributed by atoms with Crippen molar-refractivity contribution in [1.82, 2.24) is 9.88 Å². The van der Waals surface area contributed by atoms with Crippen molar-refractivity contribution >= 4 is 45.9 Å². The number of nitrogens with one attached hydrogen (secondary N) is 1. The van der Waals surface area contributed by atoms with Crippen molar-refractivity contribution in [2.24, 2.45) is 12.8 Å². The lowest BCUT2D eigenvalue weighted by atomic mass is 9.87. The second-order valence-electron chi connectivity index (χ2n) is 6.56. The summed E-state index contributed by atoms with van der Waals surface area (Å²) in [6.45, 7) is 3.59. The first kappa shape index (κ1) is 18.0. The van der Waals surface area contributed by atoms with Crippen molar-refractivity contribution in [3.63, 3.8) is 0 Å². The van der Waals surface area contributed by atoms with E-state index in [1.807, 2.05) is 11.6 Å². The molecule has 0 aliphatic carbocycles. The van der Waals surface area contributed by atoms with E-state index in [1.54, 1.807) is 6.92 Å². The molecule has 1 aromatic heterocycles. The monoisotopic (exact) mass is 383 g/mol. The smallest absolute Gasteiger partial charge is 0.253 e. The van der Waals surface area contributed by atoms with Crippen LogP contribution in [-0.4, -0.2) is 28.0 Å². The number of hydrogen-bond donors (Lipinski definition) is 3. The molecule has 0 radical (unpaired) electrons. The quantitative estimate of drug-likeness (QED) is 0.738. The van der Waals surface area contributed by atoms with Crippen molar-refractivity contribution in [2.75, 3.05) is 6.54 Å². The Balaban J connectivity index is 2.53. The summed E-state index contributed by atoms with van der Waals surface area (Å²) in [5.41, 5.74) is 5.93. The third-order valence-electron chi connectivity index (χ3n) is 5.01. The third kappa shape index (κ3) is 2.51. The van der Waals surface area contributed by atoms with Gasteiger partial charge in [-0.05, 0) is 25.5 Å². The average molecular weight is 384 g/mol. The van der Waals surface area contributed by atoms with Crippen molar-refractivity contribution in [1.29, 1.82) is 0 Å². The van der Waals surface area contributed by atoms with Crippen LogP contribution < -0.4 is 11.1 Å². The zero-order valence-electron chi connectivity index (χ0n) is 14.1. The van der Waals surface area contributed by atoms with Gasteiger partial charge in [-0.3, -0.25) is 9.59 Å². The number of nitrogens with two attached hydrogens (primary N) is 1. The fourth-order valence-electron chi connectivity index (χ4n) is 3.53. The fourth-order valence-corrected chi connectivity index (χ4v) is 4.01. The molecule has 6 nitrogen and oxygen atoms in total. The maximum Gasteiger partial charge on any atom is 0.253 e. The van der Waals surface area contributed by atoms with Gasteiger partial charge in [0.25, 0.3) is 5.91 Å². The van der Waals surface area contributed by atoms with Crippen LogP contribution in [0.2, 0.25) is 10.0 Å². The minimum Gasteiger partial charge on any atom is -0.376 e. The van der Waals surface area contributed by atoms with Gasteiger partial charge in [-0.2, -0.15) is 0 Å². The molecule has 0 saturated heterocycles. The predicted molar refractivity (Wildman–Crippen MR) is 96.8 cm³/mol. The lowest BCUT2D eigenvalue weighted by Gasteiger charge is -2.23. The minimum atomic E-state index is -1.95.